The van der Waals surface area contributed by atoms with Crippen LogP contribution >= 0.6 is 0 Å². The van der Waals surface area contributed by atoms with E-state index >= 15 is 0 Å². The molecular formula is C41H60N4O9. The molecule has 0 spiro atoms. The lowest BCUT2D eigenvalue weighted by molar-refractivity contribution is -0.156. The van der Waals surface area contributed by atoms with Crippen molar-refractivity contribution in [3.63, 3.8) is 0 Å². The highest BCUT2D eigenvalue weighted by Gasteiger charge is 2.38. The van der Waals surface area contributed by atoms with Crippen molar-refractivity contribution >= 4 is 35.8 Å². The van der Waals surface area contributed by atoms with Gasteiger partial charge in [-0.1, -0.05) is 89.3 Å². The minimum absolute atomic E-state index is 0.00370. The summed E-state index contributed by atoms with van der Waals surface area (Å²) in [5.41, 5.74) is 4.26. The summed E-state index contributed by atoms with van der Waals surface area (Å²) in [4.78, 5) is 78.5. The second-order valence-corrected chi connectivity index (χ2v) is 14.0. The molecular weight excluding hydrogens is 692 g/mol. The van der Waals surface area contributed by atoms with E-state index in [0.29, 0.717) is 24.7 Å². The van der Waals surface area contributed by atoms with Gasteiger partial charge in [-0.2, -0.15) is 0 Å². The molecule has 3 amide bonds. The summed E-state index contributed by atoms with van der Waals surface area (Å²) in [6, 6.07) is 6.01. The van der Waals surface area contributed by atoms with Crippen molar-refractivity contribution in [2.75, 3.05) is 6.54 Å². The van der Waals surface area contributed by atoms with Crippen LogP contribution in [-0.4, -0.2) is 94.0 Å². The number of aldehydes is 1. The van der Waals surface area contributed by atoms with Gasteiger partial charge in [0, 0.05) is 31.7 Å². The second-order valence-electron chi connectivity index (χ2n) is 14.0. The van der Waals surface area contributed by atoms with Crippen LogP contribution in [0.1, 0.15) is 86.1 Å². The number of ether oxygens (including phenoxy) is 1. The molecule has 0 radical (unpaired) electrons. The zero-order valence-corrected chi connectivity index (χ0v) is 32.7. The van der Waals surface area contributed by atoms with Crippen molar-refractivity contribution in [2.45, 2.75) is 123 Å². The first kappa shape index (κ1) is 45.7. The molecule has 13 heteroatoms. The van der Waals surface area contributed by atoms with Crippen LogP contribution in [-0.2, 0) is 39.9 Å². The fourth-order valence-corrected chi connectivity index (χ4v) is 6.19. The van der Waals surface area contributed by atoms with Gasteiger partial charge in [-0.15, -0.1) is 0 Å². The van der Waals surface area contributed by atoms with E-state index < -0.39 is 77.9 Å². The Morgan fingerprint density at radius 1 is 1.02 bits per heavy atom. The fraction of sp³-hybridized carbons (Fsp3) is 0.561. The molecule has 0 saturated carbocycles. The van der Waals surface area contributed by atoms with Crippen LogP contribution in [0.5, 0.6) is 0 Å². The van der Waals surface area contributed by atoms with Crippen molar-refractivity contribution in [3.05, 3.63) is 71.8 Å². The first-order valence-electron chi connectivity index (χ1n) is 19.0. The molecule has 1 aromatic carbocycles. The number of nitrogens with zero attached hydrogens (tertiary/aromatic N) is 1. The molecule has 6 unspecified atom stereocenters. The average Bonchev–Trinajstić information content (AvgIpc) is 3.15. The zero-order valence-electron chi connectivity index (χ0n) is 32.7. The number of hydrogen-bond acceptors (Lipinski definition) is 10. The number of rotatable bonds is 8. The first-order valence-corrected chi connectivity index (χ1v) is 19.0. The maximum absolute atomic E-state index is 14.1. The van der Waals surface area contributed by atoms with Gasteiger partial charge in [0.1, 0.15) is 36.3 Å². The fourth-order valence-electron chi connectivity index (χ4n) is 6.19. The summed E-state index contributed by atoms with van der Waals surface area (Å²) in [7, 11) is 0. The highest BCUT2D eigenvalue weighted by molar-refractivity contribution is 5.93. The Bertz CT molecular complexity index is 1490. The number of fused-ring (bicyclic) bond motifs is 2. The largest absolute Gasteiger partial charge is 0.456 e. The van der Waals surface area contributed by atoms with Gasteiger partial charge in [0.05, 0.1) is 18.1 Å². The molecule has 1 aromatic rings. The molecule has 2 heterocycles. The molecule has 2 bridgehead atoms. The molecule has 2 aliphatic heterocycles. The maximum Gasteiger partial charge on any atom is 0.325 e. The Kier molecular flexibility index (Phi) is 19.8. The van der Waals surface area contributed by atoms with Crippen molar-refractivity contribution in [3.8, 4) is 0 Å². The molecule has 0 aliphatic carbocycles. The quantitative estimate of drug-likeness (QED) is 0.150. The average molecular weight is 753 g/mol. The molecule has 1 saturated heterocycles. The van der Waals surface area contributed by atoms with E-state index in [0.717, 1.165) is 5.56 Å². The van der Waals surface area contributed by atoms with E-state index in [1.54, 1.807) is 45.9 Å². The number of esters is 1. The van der Waals surface area contributed by atoms with Gasteiger partial charge in [-0.25, -0.2) is 5.43 Å². The summed E-state index contributed by atoms with van der Waals surface area (Å²) >= 11 is 0. The van der Waals surface area contributed by atoms with Gasteiger partial charge in [0.2, 0.25) is 11.8 Å². The van der Waals surface area contributed by atoms with Gasteiger partial charge in [-0.3, -0.25) is 29.0 Å². The highest BCUT2D eigenvalue weighted by Crippen LogP contribution is 2.24. The Morgan fingerprint density at radius 2 is 1.70 bits per heavy atom. The number of Topliss-reactive ketones (excluding diaryl/α,β-unsaturated/α-hetero) is 1. The number of allylic oxidation sites excluding steroid dienone is 3. The number of benzene rings is 1. The summed E-state index contributed by atoms with van der Waals surface area (Å²) in [6.07, 6.45) is 6.02. The smallest absolute Gasteiger partial charge is 0.325 e. The Morgan fingerprint density at radius 3 is 2.33 bits per heavy atom. The van der Waals surface area contributed by atoms with Crippen LogP contribution in [0.4, 0.5) is 0 Å². The predicted octanol–water partition coefficient (Wildman–Crippen LogP) is 3.29. The van der Waals surface area contributed by atoms with Crippen molar-refractivity contribution < 1.29 is 43.7 Å². The zero-order chi connectivity index (χ0) is 40.4. The molecule has 8 atom stereocenters. The lowest BCUT2D eigenvalue weighted by Crippen LogP contribution is -2.62. The Labute approximate surface area is 319 Å². The molecule has 13 nitrogen and oxygen atoms in total. The molecule has 2 aliphatic rings. The number of carbonyl (C=O) groups excluding carboxylic acids is 6. The third-order valence-electron chi connectivity index (χ3n) is 9.52. The third-order valence-corrected chi connectivity index (χ3v) is 9.52. The van der Waals surface area contributed by atoms with E-state index in [-0.39, 0.29) is 38.0 Å². The molecule has 5 N–H and O–H groups in total. The summed E-state index contributed by atoms with van der Waals surface area (Å²) in [5.74, 6) is -5.02. The standard InChI is InChI=1S/C39H54N4O9.C2H6/c1-24(2)34-37(49)40-31(23-28-13-8-6-9-14-28)38(50)43-21-12-15-30(42-43)39(51)52-33(25(3)20-22-44)17-11-7-10-16-32(46)27(5)35(47)29(36(48)41-34)19-18-26(4)45;1-2/h6-11,13-14,16,20,22,24,27,29-35,42,46-47H,12,15,17-19,21,23H2,1-5H3,(H,40,49)(H,41,48);1-2H3/b11-7+,16-10+,25-20+;/t27?,29?,30?,31?,32-,33-,34?,35?;/m0./s1. The molecule has 3 rings (SSSR count). The number of cyclic esters (lactones) is 1. The highest BCUT2D eigenvalue weighted by atomic mass is 16.5. The SMILES string of the molecule is CC.CC(=O)CCC1C(=O)NC(C(C)C)C(=O)NC(Cc2ccccc2)C(=O)N2CCCC(N2)C(=O)O[C@H](/C(C)=C/C=O)C/C=C/C=C/[C@H](O)C(C)C1O. The van der Waals surface area contributed by atoms with Crippen LogP contribution in [0.3, 0.4) is 0 Å². The minimum atomic E-state index is -1.39. The monoisotopic (exact) mass is 752 g/mol. The number of hydrazine groups is 1. The van der Waals surface area contributed by atoms with Crippen LogP contribution in [0, 0.1) is 17.8 Å². The second kappa shape index (κ2) is 23.4. The van der Waals surface area contributed by atoms with Gasteiger partial charge < -0.3 is 30.4 Å². The number of aliphatic hydroxyl groups excluding tert-OH is 2. The summed E-state index contributed by atoms with van der Waals surface area (Å²) in [5, 5.41) is 29.2. The summed E-state index contributed by atoms with van der Waals surface area (Å²) < 4.78 is 5.83. The minimum Gasteiger partial charge on any atom is -0.456 e. The number of hydrogen-bond donors (Lipinski definition) is 5. The van der Waals surface area contributed by atoms with Crippen LogP contribution in [0.25, 0.3) is 0 Å². The number of nitrogens with one attached hydrogen (secondary N) is 3. The van der Waals surface area contributed by atoms with Crippen molar-refractivity contribution in [1.29, 1.82) is 0 Å². The molecule has 0 aromatic heterocycles. The summed E-state index contributed by atoms with van der Waals surface area (Å²) in [6.45, 7) is 12.3. The van der Waals surface area contributed by atoms with Crippen molar-refractivity contribution in [1.82, 2.24) is 21.1 Å². The Balaban J connectivity index is 0.00000495. The van der Waals surface area contributed by atoms with Crippen LogP contribution < -0.4 is 16.1 Å². The van der Waals surface area contributed by atoms with Crippen LogP contribution in [0.2, 0.25) is 0 Å². The number of carbonyl (C=O) groups is 6. The molecule has 54 heavy (non-hydrogen) atoms. The van der Waals surface area contributed by atoms with Gasteiger partial charge in [-0.05, 0) is 56.2 Å². The molecule has 1 fully saturated rings. The normalized spacial score (nSPS) is 29.2. The number of amides is 3. The van der Waals surface area contributed by atoms with E-state index in [1.807, 2.05) is 44.2 Å². The third kappa shape index (κ3) is 14.1. The van der Waals surface area contributed by atoms with E-state index in [2.05, 4.69) is 16.1 Å². The number of ketones is 1. The van der Waals surface area contributed by atoms with Gasteiger partial charge in [0.15, 0.2) is 0 Å². The van der Waals surface area contributed by atoms with Gasteiger partial charge in [0.25, 0.3) is 5.91 Å². The molecule has 298 valence electrons. The lowest BCUT2D eigenvalue weighted by atomic mass is 9.84. The van der Waals surface area contributed by atoms with Crippen LogP contribution in [0.15, 0.2) is 66.3 Å². The van der Waals surface area contributed by atoms with E-state index in [1.165, 1.54) is 24.1 Å². The van der Waals surface area contributed by atoms with Crippen molar-refractivity contribution in [2.24, 2.45) is 17.8 Å². The lowest BCUT2D eigenvalue weighted by Gasteiger charge is -2.36. The predicted molar refractivity (Wildman–Crippen MR) is 205 cm³/mol. The topological polar surface area (TPSA) is 191 Å². The van der Waals surface area contributed by atoms with E-state index in [9.17, 15) is 39.0 Å². The number of aliphatic hydroxyl groups is 2. The first-order chi connectivity index (χ1) is 25.7. The van der Waals surface area contributed by atoms with Gasteiger partial charge >= 0.3 is 5.97 Å². The Hall–Kier alpha value is -4.46. The van der Waals surface area contributed by atoms with E-state index in [4.69, 9.17) is 4.74 Å². The maximum atomic E-state index is 14.1.